The van der Waals surface area contributed by atoms with Crippen LogP contribution in [0.4, 0.5) is 5.82 Å². The van der Waals surface area contributed by atoms with E-state index in [1.54, 1.807) is 6.20 Å². The maximum absolute atomic E-state index is 4.29. The molecule has 0 aliphatic carbocycles. The molecule has 6 nitrogen and oxygen atoms in total. The molecule has 0 aromatic carbocycles. The number of nitrogens with zero attached hydrogens (tertiary/aromatic N) is 3. The molecule has 0 fully saturated rings. The van der Waals surface area contributed by atoms with Crippen molar-refractivity contribution < 1.29 is 0 Å². The van der Waals surface area contributed by atoms with E-state index in [0.717, 1.165) is 50.8 Å². The fourth-order valence-electron chi connectivity index (χ4n) is 2.78. The third kappa shape index (κ3) is 10.8. The number of aliphatic imine (C=N–C) groups is 1. The highest BCUT2D eigenvalue weighted by molar-refractivity contribution is 14.0. The van der Waals surface area contributed by atoms with E-state index in [9.17, 15) is 0 Å². The maximum atomic E-state index is 4.29. The van der Waals surface area contributed by atoms with Crippen molar-refractivity contribution in [3.8, 4) is 0 Å². The number of rotatable bonds is 11. The summed E-state index contributed by atoms with van der Waals surface area (Å²) in [6, 6.07) is 7.02. The normalized spacial score (nSPS) is 11.6. The predicted molar refractivity (Wildman–Crippen MR) is 124 cm³/mol. The molecule has 0 bridgehead atoms. The van der Waals surface area contributed by atoms with Gasteiger partial charge < -0.3 is 16.0 Å². The number of unbranched alkanes of at least 4 members (excludes halogenated alkanes) is 1. The van der Waals surface area contributed by atoms with E-state index in [-0.39, 0.29) is 24.0 Å². The van der Waals surface area contributed by atoms with Crippen LogP contribution < -0.4 is 16.0 Å². The minimum Gasteiger partial charge on any atom is -0.370 e. The Morgan fingerprint density at radius 2 is 1.69 bits per heavy atom. The molecule has 0 amide bonds. The SMILES string of the molecule is CN=C(NCCCCNc1ccccn1)NCCN(C(C)C)C(C)C.I. The zero-order valence-corrected chi connectivity index (χ0v) is 19.3. The number of aromatic nitrogens is 1. The molecule has 3 N–H and O–H groups in total. The van der Waals surface area contributed by atoms with Gasteiger partial charge in [-0.1, -0.05) is 6.07 Å². The number of guanidine groups is 1. The van der Waals surface area contributed by atoms with Gasteiger partial charge in [0.2, 0.25) is 0 Å². The largest absolute Gasteiger partial charge is 0.370 e. The molecule has 0 saturated carbocycles. The molecular formula is C19H37IN6. The van der Waals surface area contributed by atoms with E-state index < -0.39 is 0 Å². The second-order valence-electron chi connectivity index (χ2n) is 6.70. The van der Waals surface area contributed by atoms with E-state index >= 15 is 0 Å². The van der Waals surface area contributed by atoms with Gasteiger partial charge in [0.25, 0.3) is 0 Å². The Morgan fingerprint density at radius 1 is 1.04 bits per heavy atom. The van der Waals surface area contributed by atoms with Crippen LogP contribution in [0.15, 0.2) is 29.4 Å². The fourth-order valence-corrected chi connectivity index (χ4v) is 2.78. The molecule has 0 radical (unpaired) electrons. The molecular weight excluding hydrogens is 439 g/mol. The lowest BCUT2D eigenvalue weighted by atomic mass is 10.2. The van der Waals surface area contributed by atoms with Gasteiger partial charge in [0.15, 0.2) is 5.96 Å². The average molecular weight is 476 g/mol. The lowest BCUT2D eigenvalue weighted by molar-refractivity contribution is 0.178. The Balaban J connectivity index is 0.00000625. The number of pyridine rings is 1. The highest BCUT2D eigenvalue weighted by Crippen LogP contribution is 2.03. The van der Waals surface area contributed by atoms with E-state index in [0.29, 0.717) is 12.1 Å². The first-order valence-corrected chi connectivity index (χ1v) is 9.39. The summed E-state index contributed by atoms with van der Waals surface area (Å²) < 4.78 is 0. The van der Waals surface area contributed by atoms with Crippen LogP contribution in [0.3, 0.4) is 0 Å². The predicted octanol–water partition coefficient (Wildman–Crippen LogP) is 3.18. The first-order chi connectivity index (χ1) is 12.0. The summed E-state index contributed by atoms with van der Waals surface area (Å²) in [4.78, 5) is 11.0. The minimum atomic E-state index is 0. The first-order valence-electron chi connectivity index (χ1n) is 9.39. The van der Waals surface area contributed by atoms with Crippen LogP contribution in [0, 0.1) is 0 Å². The van der Waals surface area contributed by atoms with E-state index in [2.05, 4.69) is 58.5 Å². The highest BCUT2D eigenvalue weighted by Gasteiger charge is 2.12. The van der Waals surface area contributed by atoms with Crippen LogP contribution in [-0.4, -0.2) is 61.2 Å². The standard InChI is InChI=1S/C19H36N6.HI/c1-16(2)25(17(3)4)15-14-24-19(20-5)23-13-9-8-12-22-18-10-6-7-11-21-18;/h6-7,10-11,16-17H,8-9,12-15H2,1-5H3,(H,21,22)(H2,20,23,24);1H. The highest BCUT2D eigenvalue weighted by atomic mass is 127. The summed E-state index contributed by atoms with van der Waals surface area (Å²) in [6.45, 7) is 12.7. The Kier molecular flexibility index (Phi) is 14.4. The molecule has 0 spiro atoms. The number of anilines is 1. The summed E-state index contributed by atoms with van der Waals surface area (Å²) in [5.41, 5.74) is 0. The van der Waals surface area contributed by atoms with Gasteiger partial charge in [-0.15, -0.1) is 24.0 Å². The van der Waals surface area contributed by atoms with Gasteiger partial charge in [-0.05, 0) is 52.7 Å². The van der Waals surface area contributed by atoms with Crippen LogP contribution in [-0.2, 0) is 0 Å². The van der Waals surface area contributed by atoms with Crippen molar-refractivity contribution in [1.29, 1.82) is 0 Å². The molecule has 0 aliphatic rings. The van der Waals surface area contributed by atoms with Crippen LogP contribution in [0.1, 0.15) is 40.5 Å². The number of hydrogen-bond donors (Lipinski definition) is 3. The van der Waals surface area contributed by atoms with Gasteiger partial charge >= 0.3 is 0 Å². The van der Waals surface area contributed by atoms with Crippen molar-refractivity contribution in [1.82, 2.24) is 20.5 Å². The quantitative estimate of drug-likeness (QED) is 0.198. The van der Waals surface area contributed by atoms with Crippen LogP contribution in [0.2, 0.25) is 0 Å². The van der Waals surface area contributed by atoms with Crippen molar-refractivity contribution in [3.63, 3.8) is 0 Å². The monoisotopic (exact) mass is 476 g/mol. The van der Waals surface area contributed by atoms with Gasteiger partial charge in [0.1, 0.15) is 5.82 Å². The number of nitrogens with one attached hydrogen (secondary N) is 3. The molecule has 0 saturated heterocycles. The smallest absolute Gasteiger partial charge is 0.191 e. The molecule has 1 heterocycles. The van der Waals surface area contributed by atoms with Crippen LogP contribution in [0.5, 0.6) is 0 Å². The van der Waals surface area contributed by atoms with Crippen molar-refractivity contribution in [2.45, 2.75) is 52.6 Å². The summed E-state index contributed by atoms with van der Waals surface area (Å²) in [7, 11) is 1.82. The Hall–Kier alpha value is -1.09. The molecule has 7 heteroatoms. The second kappa shape index (κ2) is 15.0. The Bertz CT molecular complexity index is 470. The van der Waals surface area contributed by atoms with Crippen molar-refractivity contribution >= 4 is 35.8 Å². The topological polar surface area (TPSA) is 64.6 Å². The second-order valence-corrected chi connectivity index (χ2v) is 6.70. The molecule has 1 rings (SSSR count). The zero-order chi connectivity index (χ0) is 18.5. The fraction of sp³-hybridized carbons (Fsp3) is 0.684. The van der Waals surface area contributed by atoms with Gasteiger partial charge in [0, 0.05) is 51.5 Å². The number of hydrogen-bond acceptors (Lipinski definition) is 4. The Morgan fingerprint density at radius 3 is 2.27 bits per heavy atom. The van der Waals surface area contributed by atoms with E-state index in [4.69, 9.17) is 0 Å². The number of halogens is 1. The van der Waals surface area contributed by atoms with Gasteiger partial charge in [0.05, 0.1) is 0 Å². The summed E-state index contributed by atoms with van der Waals surface area (Å²) in [6.07, 6.45) is 3.99. The molecule has 26 heavy (non-hydrogen) atoms. The van der Waals surface area contributed by atoms with Crippen molar-refractivity contribution in [2.75, 3.05) is 38.5 Å². The Labute approximate surface area is 176 Å². The molecule has 0 aliphatic heterocycles. The lowest BCUT2D eigenvalue weighted by Gasteiger charge is -2.30. The zero-order valence-electron chi connectivity index (χ0n) is 17.0. The summed E-state index contributed by atoms with van der Waals surface area (Å²) >= 11 is 0. The molecule has 1 aromatic rings. The van der Waals surface area contributed by atoms with Crippen molar-refractivity contribution in [3.05, 3.63) is 24.4 Å². The van der Waals surface area contributed by atoms with E-state index in [1.165, 1.54) is 0 Å². The van der Waals surface area contributed by atoms with Crippen LogP contribution in [0.25, 0.3) is 0 Å². The summed E-state index contributed by atoms with van der Waals surface area (Å²) in [5, 5.41) is 10.1. The van der Waals surface area contributed by atoms with Gasteiger partial charge in [-0.2, -0.15) is 0 Å². The van der Waals surface area contributed by atoms with E-state index in [1.807, 2.05) is 25.2 Å². The minimum absolute atomic E-state index is 0. The van der Waals surface area contributed by atoms with Gasteiger partial charge in [-0.3, -0.25) is 9.89 Å². The first kappa shape index (κ1) is 24.9. The maximum Gasteiger partial charge on any atom is 0.191 e. The summed E-state index contributed by atoms with van der Waals surface area (Å²) in [5.74, 6) is 1.82. The average Bonchev–Trinajstić information content (AvgIpc) is 2.59. The van der Waals surface area contributed by atoms with Crippen LogP contribution >= 0.6 is 24.0 Å². The lowest BCUT2D eigenvalue weighted by Crippen LogP contribution is -2.45. The van der Waals surface area contributed by atoms with Crippen molar-refractivity contribution in [2.24, 2.45) is 4.99 Å². The molecule has 0 atom stereocenters. The molecule has 1 aromatic heterocycles. The third-order valence-corrected chi connectivity index (χ3v) is 4.08. The molecule has 150 valence electrons. The van der Waals surface area contributed by atoms with Gasteiger partial charge in [-0.25, -0.2) is 4.98 Å². The molecule has 0 unspecified atom stereocenters. The third-order valence-electron chi connectivity index (χ3n) is 4.08.